The van der Waals surface area contributed by atoms with Gasteiger partial charge in [-0.25, -0.2) is 4.98 Å². The standard InChI is InChI=1S/C16H16N2/c1-12-3-5-14(6-4-12)10-16-17-11-15-9-13(2)7-8-18(15)16/h3-9,11H,10H2,1-2H3. The average Bonchev–Trinajstić information content (AvgIpc) is 2.74. The molecule has 1 aromatic carbocycles. The molecule has 0 atom stereocenters. The van der Waals surface area contributed by atoms with E-state index in [1.165, 1.54) is 16.7 Å². The highest BCUT2D eigenvalue weighted by atomic mass is 15.0. The van der Waals surface area contributed by atoms with Crippen LogP contribution >= 0.6 is 0 Å². The van der Waals surface area contributed by atoms with Crippen molar-refractivity contribution in [1.82, 2.24) is 9.38 Å². The van der Waals surface area contributed by atoms with Crippen LogP contribution in [-0.4, -0.2) is 9.38 Å². The Bertz CT molecular complexity index is 678. The van der Waals surface area contributed by atoms with Gasteiger partial charge in [-0.05, 0) is 37.1 Å². The molecule has 0 amide bonds. The average molecular weight is 236 g/mol. The lowest BCUT2D eigenvalue weighted by Crippen LogP contribution is -1.96. The van der Waals surface area contributed by atoms with Crippen LogP contribution in [0.2, 0.25) is 0 Å². The number of nitrogens with zero attached hydrogens (tertiary/aromatic N) is 2. The molecule has 0 saturated carbocycles. The zero-order valence-corrected chi connectivity index (χ0v) is 10.7. The molecule has 0 N–H and O–H groups in total. The lowest BCUT2D eigenvalue weighted by atomic mass is 10.1. The van der Waals surface area contributed by atoms with Gasteiger partial charge in [0.25, 0.3) is 0 Å². The van der Waals surface area contributed by atoms with Crippen LogP contribution in [0.25, 0.3) is 5.52 Å². The van der Waals surface area contributed by atoms with E-state index in [0.717, 1.165) is 17.8 Å². The summed E-state index contributed by atoms with van der Waals surface area (Å²) in [6.45, 7) is 4.21. The predicted molar refractivity (Wildman–Crippen MR) is 73.9 cm³/mol. The van der Waals surface area contributed by atoms with Crippen LogP contribution in [0.15, 0.2) is 48.8 Å². The van der Waals surface area contributed by atoms with Gasteiger partial charge in [0.1, 0.15) is 5.82 Å². The summed E-state index contributed by atoms with van der Waals surface area (Å²) in [4.78, 5) is 4.52. The normalized spacial score (nSPS) is 11.0. The quantitative estimate of drug-likeness (QED) is 0.665. The van der Waals surface area contributed by atoms with E-state index in [9.17, 15) is 0 Å². The van der Waals surface area contributed by atoms with E-state index in [-0.39, 0.29) is 0 Å². The topological polar surface area (TPSA) is 17.3 Å². The first-order chi connectivity index (χ1) is 8.72. The van der Waals surface area contributed by atoms with E-state index in [4.69, 9.17) is 0 Å². The molecule has 2 nitrogen and oxygen atoms in total. The number of fused-ring (bicyclic) bond motifs is 1. The minimum Gasteiger partial charge on any atom is -0.303 e. The first-order valence-corrected chi connectivity index (χ1v) is 6.20. The molecule has 0 spiro atoms. The Morgan fingerprint density at radius 2 is 1.78 bits per heavy atom. The number of rotatable bonds is 2. The van der Waals surface area contributed by atoms with Crippen LogP contribution < -0.4 is 0 Å². The molecule has 0 fully saturated rings. The van der Waals surface area contributed by atoms with Gasteiger partial charge in [-0.3, -0.25) is 0 Å². The lowest BCUT2D eigenvalue weighted by Gasteiger charge is -2.03. The summed E-state index contributed by atoms with van der Waals surface area (Å²) in [5.74, 6) is 1.09. The Labute approximate surface area is 107 Å². The van der Waals surface area contributed by atoms with Crippen LogP contribution in [0.1, 0.15) is 22.5 Å². The van der Waals surface area contributed by atoms with Gasteiger partial charge in [-0.1, -0.05) is 29.8 Å². The molecule has 0 saturated heterocycles. The van der Waals surface area contributed by atoms with E-state index in [1.807, 2.05) is 6.20 Å². The second kappa shape index (κ2) is 4.30. The Morgan fingerprint density at radius 1 is 1.00 bits per heavy atom. The van der Waals surface area contributed by atoms with Crippen LogP contribution in [0.3, 0.4) is 0 Å². The molecule has 2 heterocycles. The number of benzene rings is 1. The van der Waals surface area contributed by atoms with Crippen LogP contribution in [0, 0.1) is 13.8 Å². The molecule has 3 rings (SSSR count). The van der Waals surface area contributed by atoms with Crippen molar-refractivity contribution in [2.75, 3.05) is 0 Å². The summed E-state index contributed by atoms with van der Waals surface area (Å²) in [6, 6.07) is 12.9. The van der Waals surface area contributed by atoms with Crippen molar-refractivity contribution < 1.29 is 0 Å². The first kappa shape index (κ1) is 11.0. The first-order valence-electron chi connectivity index (χ1n) is 6.20. The zero-order valence-electron chi connectivity index (χ0n) is 10.7. The van der Waals surface area contributed by atoms with Crippen LogP contribution in [-0.2, 0) is 6.42 Å². The summed E-state index contributed by atoms with van der Waals surface area (Å²) >= 11 is 0. The highest BCUT2D eigenvalue weighted by Gasteiger charge is 2.04. The van der Waals surface area contributed by atoms with E-state index in [0.29, 0.717) is 0 Å². The molecule has 0 bridgehead atoms. The summed E-state index contributed by atoms with van der Waals surface area (Å²) in [7, 11) is 0. The summed E-state index contributed by atoms with van der Waals surface area (Å²) < 4.78 is 2.16. The van der Waals surface area contributed by atoms with Gasteiger partial charge >= 0.3 is 0 Å². The van der Waals surface area contributed by atoms with Crippen molar-refractivity contribution in [1.29, 1.82) is 0 Å². The number of aryl methyl sites for hydroxylation is 2. The summed E-state index contributed by atoms with van der Waals surface area (Å²) in [5.41, 5.74) is 5.03. The summed E-state index contributed by atoms with van der Waals surface area (Å²) in [6.07, 6.45) is 4.91. The fourth-order valence-corrected chi connectivity index (χ4v) is 2.19. The highest BCUT2D eigenvalue weighted by molar-refractivity contribution is 5.48. The largest absolute Gasteiger partial charge is 0.303 e. The number of imidazole rings is 1. The van der Waals surface area contributed by atoms with E-state index >= 15 is 0 Å². The minimum atomic E-state index is 0.873. The fourth-order valence-electron chi connectivity index (χ4n) is 2.19. The van der Waals surface area contributed by atoms with Gasteiger partial charge < -0.3 is 4.40 Å². The van der Waals surface area contributed by atoms with Crippen LogP contribution in [0.4, 0.5) is 0 Å². The SMILES string of the molecule is Cc1ccc(Cc2ncc3cc(C)ccn23)cc1. The molecule has 18 heavy (non-hydrogen) atoms. The van der Waals surface area contributed by atoms with E-state index < -0.39 is 0 Å². The molecular formula is C16H16N2. The van der Waals surface area contributed by atoms with Crippen molar-refractivity contribution in [2.24, 2.45) is 0 Å². The molecule has 2 aromatic heterocycles. The zero-order chi connectivity index (χ0) is 12.5. The molecule has 0 radical (unpaired) electrons. The lowest BCUT2D eigenvalue weighted by molar-refractivity contribution is 0.959. The Hall–Kier alpha value is -2.09. The molecule has 2 heteroatoms. The Morgan fingerprint density at radius 3 is 2.56 bits per heavy atom. The van der Waals surface area contributed by atoms with Gasteiger partial charge in [0.05, 0.1) is 11.7 Å². The van der Waals surface area contributed by atoms with Gasteiger partial charge in [-0.15, -0.1) is 0 Å². The predicted octanol–water partition coefficient (Wildman–Crippen LogP) is 3.54. The van der Waals surface area contributed by atoms with Crippen molar-refractivity contribution in [3.63, 3.8) is 0 Å². The van der Waals surface area contributed by atoms with Crippen molar-refractivity contribution >= 4 is 5.52 Å². The molecule has 0 unspecified atom stereocenters. The summed E-state index contributed by atoms with van der Waals surface area (Å²) in [5, 5.41) is 0. The van der Waals surface area contributed by atoms with Crippen molar-refractivity contribution in [3.05, 3.63) is 71.3 Å². The third-order valence-electron chi connectivity index (χ3n) is 3.25. The number of pyridine rings is 1. The fraction of sp³-hybridized carbons (Fsp3) is 0.188. The maximum absolute atomic E-state index is 4.52. The molecule has 0 aliphatic rings. The van der Waals surface area contributed by atoms with Gasteiger partial charge in [0, 0.05) is 12.6 Å². The third kappa shape index (κ3) is 2.02. The number of hydrogen-bond acceptors (Lipinski definition) is 1. The van der Waals surface area contributed by atoms with Crippen molar-refractivity contribution in [3.8, 4) is 0 Å². The maximum atomic E-state index is 4.52. The van der Waals surface area contributed by atoms with Gasteiger partial charge in [0.2, 0.25) is 0 Å². The smallest absolute Gasteiger partial charge is 0.117 e. The molecule has 0 aliphatic heterocycles. The third-order valence-corrected chi connectivity index (χ3v) is 3.25. The monoisotopic (exact) mass is 236 g/mol. The van der Waals surface area contributed by atoms with Crippen molar-refractivity contribution in [2.45, 2.75) is 20.3 Å². The Balaban J connectivity index is 1.97. The highest BCUT2D eigenvalue weighted by Crippen LogP contribution is 2.13. The van der Waals surface area contributed by atoms with E-state index in [2.05, 4.69) is 65.8 Å². The molecule has 0 aliphatic carbocycles. The number of hydrogen-bond donors (Lipinski definition) is 0. The van der Waals surface area contributed by atoms with E-state index in [1.54, 1.807) is 0 Å². The second-order valence-electron chi connectivity index (χ2n) is 4.84. The van der Waals surface area contributed by atoms with Crippen LogP contribution in [0.5, 0.6) is 0 Å². The molecular weight excluding hydrogens is 220 g/mol. The van der Waals surface area contributed by atoms with Gasteiger partial charge in [-0.2, -0.15) is 0 Å². The number of aromatic nitrogens is 2. The molecule has 3 aromatic rings. The minimum absolute atomic E-state index is 0.873. The van der Waals surface area contributed by atoms with Gasteiger partial charge in [0.15, 0.2) is 0 Å². The second-order valence-corrected chi connectivity index (χ2v) is 4.84. The Kier molecular flexibility index (Phi) is 2.63. The molecule has 90 valence electrons. The maximum Gasteiger partial charge on any atom is 0.117 e.